The van der Waals surface area contributed by atoms with E-state index < -0.39 is 5.82 Å². The number of anilines is 1. The summed E-state index contributed by atoms with van der Waals surface area (Å²) in [6.07, 6.45) is 5.66. The molecule has 8 nitrogen and oxygen atoms in total. The number of aldehydes is 1. The molecule has 1 aliphatic heterocycles. The van der Waals surface area contributed by atoms with Crippen molar-refractivity contribution in [1.82, 2.24) is 14.8 Å². The van der Waals surface area contributed by atoms with Gasteiger partial charge in [-0.15, -0.1) is 0 Å². The molecule has 0 radical (unpaired) electrons. The van der Waals surface area contributed by atoms with E-state index in [1.807, 2.05) is 13.1 Å². The lowest BCUT2D eigenvalue weighted by Crippen LogP contribution is -2.64. The van der Waals surface area contributed by atoms with E-state index in [9.17, 15) is 9.18 Å². The number of nitrogens with one attached hydrogen (secondary N) is 2. The minimum Gasteiger partial charge on any atom is -0.490 e. The maximum Gasteiger partial charge on any atom is 0.165 e. The molecule has 0 amide bonds. The summed E-state index contributed by atoms with van der Waals surface area (Å²) < 4.78 is 21.6. The van der Waals surface area contributed by atoms with Gasteiger partial charge in [-0.25, -0.2) is 4.39 Å². The molecule has 1 saturated carbocycles. The summed E-state index contributed by atoms with van der Waals surface area (Å²) in [6, 6.07) is 5.03. The number of benzene rings is 1. The van der Waals surface area contributed by atoms with E-state index in [2.05, 4.69) is 15.2 Å². The molecule has 2 aliphatic rings. The van der Waals surface area contributed by atoms with E-state index in [-0.39, 0.29) is 22.7 Å². The first-order valence-corrected chi connectivity index (χ1v) is 11.7. The Morgan fingerprint density at radius 2 is 2.18 bits per heavy atom. The van der Waals surface area contributed by atoms with Crippen LogP contribution in [0.4, 0.5) is 10.2 Å². The van der Waals surface area contributed by atoms with Crippen LogP contribution in [-0.2, 0) is 6.42 Å². The lowest BCUT2D eigenvalue weighted by molar-refractivity contribution is -0.117. The van der Waals surface area contributed by atoms with Gasteiger partial charge in [-0.1, -0.05) is 11.6 Å². The van der Waals surface area contributed by atoms with Gasteiger partial charge in [-0.3, -0.25) is 19.8 Å². The van der Waals surface area contributed by atoms with Crippen LogP contribution in [0.15, 0.2) is 29.4 Å². The molecule has 2 fully saturated rings. The summed E-state index contributed by atoms with van der Waals surface area (Å²) >= 11 is 6.21. The largest absolute Gasteiger partial charge is 0.490 e. The van der Waals surface area contributed by atoms with Crippen molar-refractivity contribution in [1.29, 1.82) is 5.41 Å². The second-order valence-electron chi connectivity index (χ2n) is 9.12. The predicted molar refractivity (Wildman–Crippen MR) is 130 cm³/mol. The highest BCUT2D eigenvalue weighted by Gasteiger charge is 2.53. The third kappa shape index (κ3) is 5.01. The number of pyridine rings is 1. The molecule has 34 heavy (non-hydrogen) atoms. The Balaban J connectivity index is 1.28. The van der Waals surface area contributed by atoms with Gasteiger partial charge in [0.25, 0.3) is 0 Å². The molecular formula is C24H30ClFN6O2. The monoisotopic (exact) mass is 488 g/mol. The molecule has 4 N–H and O–H groups in total. The number of carbonyl (C=O) groups excluding carboxylic acids is 1. The van der Waals surface area contributed by atoms with Crippen LogP contribution >= 0.6 is 11.6 Å². The zero-order valence-corrected chi connectivity index (χ0v) is 19.9. The molecule has 0 bridgehead atoms. The predicted octanol–water partition coefficient (Wildman–Crippen LogP) is 2.34. The minimum absolute atomic E-state index is 0.128. The zero-order chi connectivity index (χ0) is 24.3. The van der Waals surface area contributed by atoms with E-state index in [0.717, 1.165) is 69.2 Å². The number of hydrogen-bond donors (Lipinski definition) is 3. The minimum atomic E-state index is -0.495. The maximum atomic E-state index is 14.1. The fourth-order valence-electron chi connectivity index (χ4n) is 4.94. The van der Waals surface area contributed by atoms with Gasteiger partial charge in [-0.2, -0.15) is 0 Å². The number of ether oxygens (including phenoxy) is 1. The summed E-state index contributed by atoms with van der Waals surface area (Å²) in [5.74, 6) is 0.518. The van der Waals surface area contributed by atoms with Crippen LogP contribution in [0.3, 0.4) is 0 Å². The standard InChI is InChI=1S/C24H30ClFN6O2/c1-29-5-4-17-18(12-33)19(25)2-3-22(17)34-16-9-24(10-16)13-31(14-24)7-6-30-21-8-23(28)32(15-27)11-20(21)26/h2-3,8,11-12,15-16,27,29H,4-7,9-10,13-14,28H2,1H3. The maximum absolute atomic E-state index is 14.1. The van der Waals surface area contributed by atoms with Crippen LogP contribution in [0.1, 0.15) is 28.8 Å². The summed E-state index contributed by atoms with van der Waals surface area (Å²) in [5, 5.41) is 11.0. The molecule has 2 aromatic rings. The average molecular weight is 489 g/mol. The van der Waals surface area contributed by atoms with Gasteiger partial charge in [0.05, 0.1) is 29.4 Å². The molecule has 182 valence electrons. The fourth-order valence-corrected chi connectivity index (χ4v) is 5.16. The molecule has 2 heterocycles. The number of halogens is 2. The van der Waals surface area contributed by atoms with Crippen molar-refractivity contribution in [2.45, 2.75) is 25.4 Å². The van der Waals surface area contributed by atoms with Gasteiger partial charge in [0.1, 0.15) is 11.6 Å². The lowest BCUT2D eigenvalue weighted by Gasteiger charge is -2.58. The Morgan fingerprint density at radius 1 is 1.41 bits per heavy atom. The quantitative estimate of drug-likeness (QED) is 0.270. The number of aromatic nitrogens is 1. The first kappa shape index (κ1) is 24.4. The molecule has 1 aromatic carbocycles. The second-order valence-corrected chi connectivity index (χ2v) is 9.52. The molecule has 1 saturated heterocycles. The molecule has 0 atom stereocenters. The summed E-state index contributed by atoms with van der Waals surface area (Å²) in [4.78, 5) is 18.2. The van der Waals surface area contributed by atoms with Gasteiger partial charge in [-0.05, 0) is 45.0 Å². The Hall–Kier alpha value is -2.75. The Kier molecular flexibility index (Phi) is 7.35. The number of carbonyl (C=O) groups is 1. The van der Waals surface area contributed by atoms with Crippen molar-refractivity contribution in [2.75, 3.05) is 45.5 Å². The number of nitrogens with zero attached hydrogens (tertiary/aromatic N) is 3. The van der Waals surface area contributed by atoms with Crippen molar-refractivity contribution in [3.63, 3.8) is 0 Å². The molecule has 1 aliphatic carbocycles. The van der Waals surface area contributed by atoms with Crippen LogP contribution < -0.4 is 21.1 Å². The third-order valence-electron chi connectivity index (χ3n) is 6.65. The van der Waals surface area contributed by atoms with E-state index in [1.165, 1.54) is 10.6 Å². The summed E-state index contributed by atoms with van der Waals surface area (Å²) in [7, 11) is 1.87. The van der Waals surface area contributed by atoms with Gasteiger partial charge < -0.3 is 20.7 Å². The van der Waals surface area contributed by atoms with Crippen LogP contribution in [0.25, 0.3) is 0 Å². The van der Waals surface area contributed by atoms with Crippen molar-refractivity contribution in [3.8, 4) is 5.75 Å². The van der Waals surface area contributed by atoms with Gasteiger partial charge in [0.2, 0.25) is 0 Å². The van der Waals surface area contributed by atoms with Crippen LogP contribution in [0, 0.1) is 16.6 Å². The number of nitrogens with two attached hydrogens (primary N) is 1. The van der Waals surface area contributed by atoms with Gasteiger partial charge in [0, 0.05) is 48.4 Å². The number of likely N-dealkylation sites (N-methyl/N-ethyl adjacent to an activating group) is 1. The van der Waals surface area contributed by atoms with E-state index in [4.69, 9.17) is 27.5 Å². The van der Waals surface area contributed by atoms with E-state index in [0.29, 0.717) is 23.6 Å². The number of hydrogen-bond acceptors (Lipinski definition) is 7. The van der Waals surface area contributed by atoms with Crippen LogP contribution in [-0.4, -0.2) is 68.0 Å². The number of rotatable bonds is 10. The van der Waals surface area contributed by atoms with Crippen molar-refractivity contribution < 1.29 is 13.9 Å². The molecule has 0 unspecified atom stereocenters. The van der Waals surface area contributed by atoms with Gasteiger partial charge in [0.15, 0.2) is 12.1 Å². The average Bonchev–Trinajstić information content (AvgIpc) is 2.77. The first-order valence-electron chi connectivity index (χ1n) is 11.4. The molecule has 1 spiro atoms. The van der Waals surface area contributed by atoms with Crippen molar-refractivity contribution in [2.24, 2.45) is 10.4 Å². The highest BCUT2D eigenvalue weighted by Crippen LogP contribution is 2.50. The number of likely N-dealkylation sites (tertiary alicyclic amines) is 1. The highest BCUT2D eigenvalue weighted by molar-refractivity contribution is 6.33. The summed E-state index contributed by atoms with van der Waals surface area (Å²) in [5.41, 5.74) is 7.43. The lowest BCUT2D eigenvalue weighted by atomic mass is 9.61. The van der Waals surface area contributed by atoms with Crippen molar-refractivity contribution in [3.05, 3.63) is 51.7 Å². The third-order valence-corrected chi connectivity index (χ3v) is 6.98. The van der Waals surface area contributed by atoms with Crippen LogP contribution in [0.2, 0.25) is 5.02 Å². The molecule has 4 rings (SSSR count). The SMILES string of the molecule is CNCCc1c(OC2CC3(C2)CN(CCN=c2cc(N)n(C=N)cc2F)C3)ccc(Cl)c1C=O. The Labute approximate surface area is 203 Å². The molecular weight excluding hydrogens is 459 g/mol. The second kappa shape index (κ2) is 10.2. The van der Waals surface area contributed by atoms with Crippen molar-refractivity contribution >= 4 is 30.0 Å². The van der Waals surface area contributed by atoms with Crippen LogP contribution in [0.5, 0.6) is 5.75 Å². The number of nitrogen functional groups attached to an aromatic ring is 1. The molecule has 10 heteroatoms. The Morgan fingerprint density at radius 3 is 2.85 bits per heavy atom. The zero-order valence-electron chi connectivity index (χ0n) is 19.2. The molecule has 1 aromatic heterocycles. The first-order chi connectivity index (χ1) is 16.4. The fraction of sp³-hybridized carbons (Fsp3) is 0.458. The Bertz CT molecular complexity index is 1140. The van der Waals surface area contributed by atoms with Gasteiger partial charge >= 0.3 is 0 Å². The normalized spacial score (nSPS) is 17.9. The smallest absolute Gasteiger partial charge is 0.165 e. The highest BCUT2D eigenvalue weighted by atomic mass is 35.5. The van der Waals surface area contributed by atoms with E-state index >= 15 is 0 Å². The topological polar surface area (TPSA) is 109 Å². The van der Waals surface area contributed by atoms with E-state index in [1.54, 1.807) is 6.07 Å². The summed E-state index contributed by atoms with van der Waals surface area (Å²) in [6.45, 7) is 3.91.